The third-order valence-electron chi connectivity index (χ3n) is 2.03. The molecule has 2 aromatic rings. The fraction of sp³-hybridized carbons (Fsp3) is 0.0909. The molecule has 0 atom stereocenters. The first-order chi connectivity index (χ1) is 6.16. The predicted molar refractivity (Wildman–Crippen MR) is 58.0 cm³/mol. The smallest absolute Gasteiger partial charge is 0.116 e. The van der Waals surface area contributed by atoms with E-state index in [-0.39, 0.29) is 0 Å². The van der Waals surface area contributed by atoms with E-state index in [0.29, 0.717) is 5.75 Å². The average Bonchev–Trinajstić information content (AvgIpc) is 2.06. The highest BCUT2D eigenvalue weighted by Gasteiger charge is 2.00. The van der Waals surface area contributed by atoms with Crippen LogP contribution >= 0.6 is 15.9 Å². The summed E-state index contributed by atoms with van der Waals surface area (Å²) in [5, 5.41) is 11.5. The Bertz CT molecular complexity index is 463. The van der Waals surface area contributed by atoms with E-state index in [0.717, 1.165) is 15.2 Å². The summed E-state index contributed by atoms with van der Waals surface area (Å²) in [6, 6.07) is 9.52. The van der Waals surface area contributed by atoms with Crippen molar-refractivity contribution in [3.8, 4) is 5.75 Å². The molecule has 2 aromatic carbocycles. The van der Waals surface area contributed by atoms with Gasteiger partial charge in [-0.25, -0.2) is 0 Å². The van der Waals surface area contributed by atoms with E-state index in [4.69, 9.17) is 0 Å². The van der Waals surface area contributed by atoms with Crippen molar-refractivity contribution in [2.24, 2.45) is 0 Å². The van der Waals surface area contributed by atoms with Gasteiger partial charge in [0.2, 0.25) is 0 Å². The Balaban J connectivity index is 2.87. The summed E-state index contributed by atoms with van der Waals surface area (Å²) in [7, 11) is 0. The van der Waals surface area contributed by atoms with E-state index in [1.54, 1.807) is 12.1 Å². The van der Waals surface area contributed by atoms with Gasteiger partial charge in [-0.3, -0.25) is 0 Å². The van der Waals surface area contributed by atoms with E-state index >= 15 is 0 Å². The van der Waals surface area contributed by atoms with Crippen molar-refractivity contribution in [3.63, 3.8) is 0 Å². The number of aromatic hydroxyl groups is 1. The molecule has 2 rings (SSSR count). The molecule has 0 aliphatic carbocycles. The molecule has 0 heterocycles. The quantitative estimate of drug-likeness (QED) is 0.741. The highest BCUT2D eigenvalue weighted by Crippen LogP contribution is 2.28. The Kier molecular flexibility index (Phi) is 2.00. The van der Waals surface area contributed by atoms with Gasteiger partial charge in [0.25, 0.3) is 0 Å². The largest absolute Gasteiger partial charge is 0.508 e. The van der Waals surface area contributed by atoms with Crippen molar-refractivity contribution in [1.29, 1.82) is 0 Å². The summed E-state index contributed by atoms with van der Waals surface area (Å²) in [4.78, 5) is 0. The van der Waals surface area contributed by atoms with E-state index in [2.05, 4.69) is 28.9 Å². The van der Waals surface area contributed by atoms with Gasteiger partial charge < -0.3 is 5.11 Å². The molecule has 0 saturated heterocycles. The fourth-order valence-corrected chi connectivity index (χ4v) is 2.15. The number of hydrogen-bond acceptors (Lipinski definition) is 1. The molecule has 13 heavy (non-hydrogen) atoms. The second kappa shape index (κ2) is 3.04. The van der Waals surface area contributed by atoms with E-state index in [1.165, 1.54) is 5.56 Å². The Morgan fingerprint density at radius 2 is 1.92 bits per heavy atom. The summed E-state index contributed by atoms with van der Waals surface area (Å²) in [6.07, 6.45) is 0. The molecule has 66 valence electrons. The van der Waals surface area contributed by atoms with Crippen LogP contribution in [0.1, 0.15) is 5.56 Å². The van der Waals surface area contributed by atoms with E-state index < -0.39 is 0 Å². The molecule has 0 aliphatic rings. The highest BCUT2D eigenvalue weighted by atomic mass is 79.9. The van der Waals surface area contributed by atoms with Crippen molar-refractivity contribution >= 4 is 26.7 Å². The first kappa shape index (κ1) is 8.57. The molecule has 0 radical (unpaired) electrons. The van der Waals surface area contributed by atoms with Crippen LogP contribution < -0.4 is 0 Å². The van der Waals surface area contributed by atoms with Gasteiger partial charge in [-0.2, -0.15) is 0 Å². The molecule has 1 nitrogen and oxygen atoms in total. The van der Waals surface area contributed by atoms with Gasteiger partial charge in [0.15, 0.2) is 0 Å². The van der Waals surface area contributed by atoms with Gasteiger partial charge in [-0.05, 0) is 41.5 Å². The van der Waals surface area contributed by atoms with Crippen molar-refractivity contribution in [2.45, 2.75) is 6.92 Å². The van der Waals surface area contributed by atoms with Crippen LogP contribution in [0, 0.1) is 6.92 Å². The zero-order valence-corrected chi connectivity index (χ0v) is 8.80. The van der Waals surface area contributed by atoms with Gasteiger partial charge in [-0.1, -0.05) is 28.1 Å². The number of hydrogen-bond donors (Lipinski definition) is 1. The standard InChI is InChI=1S/C11H9BrO/c1-7-4-8-2-3-9(13)6-10(8)11(12)5-7/h2-6,13H,1H3. The lowest BCUT2D eigenvalue weighted by atomic mass is 10.1. The molecule has 0 aliphatic heterocycles. The number of aryl methyl sites for hydroxylation is 1. The van der Waals surface area contributed by atoms with Crippen LogP contribution in [-0.4, -0.2) is 5.11 Å². The number of halogens is 1. The monoisotopic (exact) mass is 236 g/mol. The Morgan fingerprint density at radius 1 is 1.15 bits per heavy atom. The third kappa shape index (κ3) is 1.54. The van der Waals surface area contributed by atoms with Crippen LogP contribution in [0.2, 0.25) is 0 Å². The number of benzene rings is 2. The van der Waals surface area contributed by atoms with Gasteiger partial charge in [0.05, 0.1) is 0 Å². The van der Waals surface area contributed by atoms with Crippen molar-refractivity contribution < 1.29 is 5.11 Å². The Morgan fingerprint density at radius 3 is 2.69 bits per heavy atom. The molecule has 0 amide bonds. The number of rotatable bonds is 0. The van der Waals surface area contributed by atoms with E-state index in [9.17, 15) is 5.11 Å². The lowest BCUT2D eigenvalue weighted by Crippen LogP contribution is -1.77. The summed E-state index contributed by atoms with van der Waals surface area (Å²) < 4.78 is 1.03. The summed E-state index contributed by atoms with van der Waals surface area (Å²) in [5.74, 6) is 0.303. The number of fused-ring (bicyclic) bond motifs is 1. The molecule has 0 saturated carbocycles. The molecule has 0 unspecified atom stereocenters. The zero-order valence-electron chi connectivity index (χ0n) is 7.21. The van der Waals surface area contributed by atoms with Gasteiger partial charge >= 0.3 is 0 Å². The van der Waals surface area contributed by atoms with Crippen LogP contribution in [0.4, 0.5) is 0 Å². The maximum absolute atomic E-state index is 9.30. The molecular weight excluding hydrogens is 228 g/mol. The van der Waals surface area contributed by atoms with Crippen LogP contribution in [0.3, 0.4) is 0 Å². The van der Waals surface area contributed by atoms with E-state index in [1.807, 2.05) is 12.1 Å². The minimum absolute atomic E-state index is 0.303. The maximum atomic E-state index is 9.30. The van der Waals surface area contributed by atoms with Gasteiger partial charge in [0, 0.05) is 4.47 Å². The Labute approximate surface area is 85.1 Å². The maximum Gasteiger partial charge on any atom is 0.116 e. The third-order valence-corrected chi connectivity index (χ3v) is 2.69. The molecule has 0 aromatic heterocycles. The van der Waals surface area contributed by atoms with Gasteiger partial charge in [-0.15, -0.1) is 0 Å². The van der Waals surface area contributed by atoms with Crippen molar-refractivity contribution in [2.75, 3.05) is 0 Å². The highest BCUT2D eigenvalue weighted by molar-refractivity contribution is 9.10. The summed E-state index contributed by atoms with van der Waals surface area (Å²) in [6.45, 7) is 2.05. The summed E-state index contributed by atoms with van der Waals surface area (Å²) >= 11 is 3.47. The molecule has 0 spiro atoms. The molecule has 0 bridgehead atoms. The second-order valence-electron chi connectivity index (χ2n) is 3.15. The number of phenols is 1. The SMILES string of the molecule is Cc1cc(Br)c2cc(O)ccc2c1. The zero-order chi connectivity index (χ0) is 9.42. The average molecular weight is 237 g/mol. The molecule has 2 heteroatoms. The molecular formula is C11H9BrO. The lowest BCUT2D eigenvalue weighted by Gasteiger charge is -2.03. The Hall–Kier alpha value is -1.02. The van der Waals surface area contributed by atoms with Crippen LogP contribution in [0.15, 0.2) is 34.8 Å². The summed E-state index contributed by atoms with van der Waals surface area (Å²) in [5.41, 5.74) is 1.21. The lowest BCUT2D eigenvalue weighted by molar-refractivity contribution is 0.476. The topological polar surface area (TPSA) is 20.2 Å². The van der Waals surface area contributed by atoms with Gasteiger partial charge in [0.1, 0.15) is 5.75 Å². The fourth-order valence-electron chi connectivity index (χ4n) is 1.44. The normalized spacial score (nSPS) is 10.6. The van der Waals surface area contributed by atoms with Crippen LogP contribution in [0.5, 0.6) is 5.75 Å². The van der Waals surface area contributed by atoms with Crippen molar-refractivity contribution in [1.82, 2.24) is 0 Å². The first-order valence-corrected chi connectivity index (χ1v) is 4.85. The second-order valence-corrected chi connectivity index (χ2v) is 4.01. The molecule has 0 fully saturated rings. The minimum Gasteiger partial charge on any atom is -0.508 e. The first-order valence-electron chi connectivity index (χ1n) is 4.06. The predicted octanol–water partition coefficient (Wildman–Crippen LogP) is 3.62. The number of phenolic OH excluding ortho intramolecular Hbond substituents is 1. The minimum atomic E-state index is 0.303. The van der Waals surface area contributed by atoms with Crippen LogP contribution in [0.25, 0.3) is 10.8 Å². The van der Waals surface area contributed by atoms with Crippen LogP contribution in [-0.2, 0) is 0 Å². The van der Waals surface area contributed by atoms with Crippen molar-refractivity contribution in [3.05, 3.63) is 40.4 Å². The molecule has 1 N–H and O–H groups in total.